The molecule has 0 atom stereocenters. The van der Waals surface area contributed by atoms with Gasteiger partial charge in [0.2, 0.25) is 0 Å². The molecule has 0 amide bonds. The van der Waals surface area contributed by atoms with Crippen LogP contribution in [0, 0.1) is 3.57 Å². The standard InChI is InChI=1S/C9H8ClIO2/c1-2-6-3-4-7(11)5-8(6)9(12)13-10/h3-5H,2H2,1H3. The minimum Gasteiger partial charge on any atom is -0.343 e. The van der Waals surface area contributed by atoms with Gasteiger partial charge in [-0.2, -0.15) is 0 Å². The summed E-state index contributed by atoms with van der Waals surface area (Å²) in [7, 11) is 0. The highest BCUT2D eigenvalue weighted by atomic mass is 127. The van der Waals surface area contributed by atoms with Gasteiger partial charge in [-0.1, -0.05) is 13.0 Å². The van der Waals surface area contributed by atoms with Crippen molar-refractivity contribution in [2.45, 2.75) is 13.3 Å². The monoisotopic (exact) mass is 310 g/mol. The summed E-state index contributed by atoms with van der Waals surface area (Å²) in [6.07, 6.45) is 0.790. The molecular weight excluding hydrogens is 302 g/mol. The number of hydrogen-bond acceptors (Lipinski definition) is 2. The fourth-order valence-electron chi connectivity index (χ4n) is 1.09. The minimum absolute atomic E-state index is 0.489. The average Bonchev–Trinajstić information content (AvgIpc) is 2.16. The lowest BCUT2D eigenvalue weighted by Gasteiger charge is -2.04. The normalized spacial score (nSPS) is 9.77. The zero-order chi connectivity index (χ0) is 9.84. The Bertz CT molecular complexity index is 325. The lowest BCUT2D eigenvalue weighted by atomic mass is 10.1. The smallest absolute Gasteiger partial charge is 0.343 e. The van der Waals surface area contributed by atoms with Crippen LogP contribution in [0.3, 0.4) is 0 Å². The molecule has 4 heteroatoms. The Kier molecular flexibility index (Phi) is 3.99. The summed E-state index contributed by atoms with van der Waals surface area (Å²) in [5.41, 5.74) is 1.50. The minimum atomic E-state index is -0.489. The molecule has 13 heavy (non-hydrogen) atoms. The van der Waals surface area contributed by atoms with Gasteiger partial charge in [-0.25, -0.2) is 4.79 Å². The van der Waals surface area contributed by atoms with E-state index in [0.29, 0.717) is 5.56 Å². The number of carbonyl (C=O) groups is 1. The highest BCUT2D eigenvalue weighted by molar-refractivity contribution is 14.1. The van der Waals surface area contributed by atoms with Gasteiger partial charge in [-0.15, -0.1) is 0 Å². The number of rotatable bonds is 2. The Labute approximate surface area is 95.5 Å². The van der Waals surface area contributed by atoms with Gasteiger partial charge in [-0.3, -0.25) is 0 Å². The second-order valence-electron chi connectivity index (χ2n) is 2.52. The first-order valence-electron chi connectivity index (χ1n) is 3.80. The quantitative estimate of drug-likeness (QED) is 0.784. The molecule has 0 fully saturated rings. The predicted molar refractivity (Wildman–Crippen MR) is 59.8 cm³/mol. The summed E-state index contributed by atoms with van der Waals surface area (Å²) < 4.78 is 5.16. The van der Waals surface area contributed by atoms with Crippen molar-refractivity contribution in [2.75, 3.05) is 0 Å². The second-order valence-corrected chi connectivity index (χ2v) is 3.92. The van der Waals surface area contributed by atoms with Crippen molar-refractivity contribution in [3.8, 4) is 0 Å². The van der Waals surface area contributed by atoms with Gasteiger partial charge in [0.1, 0.15) is 11.9 Å². The first-order valence-corrected chi connectivity index (χ1v) is 5.19. The van der Waals surface area contributed by atoms with Crippen LogP contribution in [0.15, 0.2) is 18.2 Å². The summed E-state index contributed by atoms with van der Waals surface area (Å²) >= 11 is 7.15. The summed E-state index contributed by atoms with van der Waals surface area (Å²) in [6.45, 7) is 1.98. The number of benzene rings is 1. The molecule has 0 aliphatic carbocycles. The van der Waals surface area contributed by atoms with E-state index in [1.54, 1.807) is 6.07 Å². The first-order chi connectivity index (χ1) is 6.19. The molecule has 0 heterocycles. The fraction of sp³-hybridized carbons (Fsp3) is 0.222. The molecule has 0 radical (unpaired) electrons. The number of halogens is 2. The summed E-state index contributed by atoms with van der Waals surface area (Å²) in [5.74, 6) is -0.489. The maximum atomic E-state index is 11.2. The molecular formula is C9H8ClIO2. The molecule has 0 saturated carbocycles. The summed E-state index contributed by atoms with van der Waals surface area (Å²) in [4.78, 5) is 11.2. The maximum Gasteiger partial charge on any atom is 0.356 e. The molecule has 70 valence electrons. The van der Waals surface area contributed by atoms with Gasteiger partial charge in [0, 0.05) is 3.57 Å². The number of aryl methyl sites for hydroxylation is 1. The topological polar surface area (TPSA) is 26.3 Å². The third kappa shape index (κ3) is 2.57. The van der Waals surface area contributed by atoms with Crippen molar-refractivity contribution in [1.29, 1.82) is 0 Å². The van der Waals surface area contributed by atoms with E-state index in [4.69, 9.17) is 11.9 Å². The van der Waals surface area contributed by atoms with Gasteiger partial charge in [0.15, 0.2) is 0 Å². The molecule has 1 aromatic carbocycles. The van der Waals surface area contributed by atoms with Crippen LogP contribution in [-0.4, -0.2) is 5.97 Å². The highest BCUT2D eigenvalue weighted by Gasteiger charge is 2.11. The number of hydrogen-bond donors (Lipinski definition) is 0. The van der Waals surface area contributed by atoms with E-state index in [2.05, 4.69) is 26.9 Å². The zero-order valence-electron chi connectivity index (χ0n) is 7.01. The Morgan fingerprint density at radius 3 is 2.85 bits per heavy atom. The van der Waals surface area contributed by atoms with Gasteiger partial charge >= 0.3 is 5.97 Å². The summed E-state index contributed by atoms with van der Waals surface area (Å²) in [6, 6.07) is 5.62. The van der Waals surface area contributed by atoms with E-state index in [1.807, 2.05) is 19.1 Å². The summed E-state index contributed by atoms with van der Waals surface area (Å²) in [5, 5.41) is 0. The largest absolute Gasteiger partial charge is 0.356 e. The maximum absolute atomic E-state index is 11.2. The van der Waals surface area contributed by atoms with E-state index < -0.39 is 5.97 Å². The van der Waals surface area contributed by atoms with Crippen molar-refractivity contribution in [1.82, 2.24) is 0 Å². The third-order valence-corrected chi connectivity index (χ3v) is 2.55. The van der Waals surface area contributed by atoms with E-state index >= 15 is 0 Å². The van der Waals surface area contributed by atoms with Crippen molar-refractivity contribution in [2.24, 2.45) is 0 Å². The van der Waals surface area contributed by atoms with Crippen LogP contribution in [0.5, 0.6) is 0 Å². The van der Waals surface area contributed by atoms with Crippen LogP contribution in [-0.2, 0) is 10.7 Å². The van der Waals surface area contributed by atoms with Crippen molar-refractivity contribution in [3.05, 3.63) is 32.9 Å². The van der Waals surface area contributed by atoms with Crippen LogP contribution >= 0.6 is 34.5 Å². The van der Waals surface area contributed by atoms with E-state index in [-0.39, 0.29) is 0 Å². The van der Waals surface area contributed by atoms with Gasteiger partial charge in [-0.05, 0) is 46.7 Å². The predicted octanol–water partition coefficient (Wildman–Crippen LogP) is 3.16. The zero-order valence-corrected chi connectivity index (χ0v) is 9.93. The lowest BCUT2D eigenvalue weighted by Crippen LogP contribution is -2.03. The fourth-order valence-corrected chi connectivity index (χ4v) is 1.66. The van der Waals surface area contributed by atoms with Gasteiger partial charge < -0.3 is 4.29 Å². The first kappa shape index (κ1) is 10.8. The Hall–Kier alpha value is -0.290. The molecule has 0 bridgehead atoms. The second kappa shape index (κ2) is 4.81. The van der Waals surface area contributed by atoms with Gasteiger partial charge in [0.25, 0.3) is 0 Å². The van der Waals surface area contributed by atoms with Crippen LogP contribution in [0.4, 0.5) is 0 Å². The molecule has 1 rings (SSSR count). The van der Waals surface area contributed by atoms with Crippen LogP contribution in [0.25, 0.3) is 0 Å². The Balaban J connectivity index is 3.15. The van der Waals surface area contributed by atoms with E-state index in [1.165, 1.54) is 0 Å². The van der Waals surface area contributed by atoms with Crippen LogP contribution in [0.2, 0.25) is 0 Å². The van der Waals surface area contributed by atoms with Crippen LogP contribution in [0.1, 0.15) is 22.8 Å². The molecule has 0 N–H and O–H groups in total. The molecule has 0 aliphatic heterocycles. The van der Waals surface area contributed by atoms with Crippen LogP contribution < -0.4 is 0 Å². The Morgan fingerprint density at radius 2 is 2.31 bits per heavy atom. The molecule has 1 aromatic rings. The number of carbonyl (C=O) groups excluding carboxylic acids is 1. The Morgan fingerprint density at radius 1 is 1.62 bits per heavy atom. The molecule has 2 nitrogen and oxygen atoms in total. The molecule has 0 unspecified atom stereocenters. The third-order valence-electron chi connectivity index (χ3n) is 1.74. The lowest BCUT2D eigenvalue weighted by molar-refractivity contribution is 0.0750. The molecule has 0 aromatic heterocycles. The molecule has 0 aliphatic rings. The average molecular weight is 311 g/mol. The molecule has 0 saturated heterocycles. The van der Waals surface area contributed by atoms with Crippen molar-refractivity contribution < 1.29 is 9.08 Å². The van der Waals surface area contributed by atoms with Gasteiger partial charge in [0.05, 0.1) is 5.56 Å². The van der Waals surface area contributed by atoms with Crippen molar-refractivity contribution in [3.63, 3.8) is 0 Å². The van der Waals surface area contributed by atoms with Crippen molar-refractivity contribution >= 4 is 40.4 Å². The molecule has 0 spiro atoms. The van der Waals surface area contributed by atoms with E-state index in [0.717, 1.165) is 15.6 Å². The highest BCUT2D eigenvalue weighted by Crippen LogP contribution is 2.16. The van der Waals surface area contributed by atoms with E-state index in [9.17, 15) is 4.79 Å². The SMILES string of the molecule is CCc1ccc(I)cc1C(=O)OCl.